The van der Waals surface area contributed by atoms with Crippen LogP contribution in [0, 0.1) is 0 Å². The monoisotopic (exact) mass is 197 g/mol. The zero-order valence-electron chi connectivity index (χ0n) is 9.26. The Labute approximate surface area is 87.0 Å². The summed E-state index contributed by atoms with van der Waals surface area (Å²) in [7, 11) is 0. The molecule has 2 unspecified atom stereocenters. The van der Waals surface area contributed by atoms with Gasteiger partial charge in [0.1, 0.15) is 0 Å². The van der Waals surface area contributed by atoms with Crippen molar-refractivity contribution >= 4 is 0 Å². The third-order valence-corrected chi connectivity index (χ3v) is 3.99. The van der Waals surface area contributed by atoms with Gasteiger partial charge in [-0.3, -0.25) is 4.90 Å². The fourth-order valence-corrected chi connectivity index (χ4v) is 3.26. The van der Waals surface area contributed by atoms with Crippen molar-refractivity contribution < 1.29 is 0 Å². The van der Waals surface area contributed by atoms with Gasteiger partial charge in [0.25, 0.3) is 0 Å². The highest BCUT2D eigenvalue weighted by Crippen LogP contribution is 2.34. The molecule has 3 nitrogen and oxygen atoms in total. The first-order valence-corrected chi connectivity index (χ1v) is 6.01. The van der Waals surface area contributed by atoms with Crippen LogP contribution in [-0.4, -0.2) is 42.7 Å². The van der Waals surface area contributed by atoms with Gasteiger partial charge in [-0.05, 0) is 32.4 Å². The van der Waals surface area contributed by atoms with Gasteiger partial charge in [-0.2, -0.15) is 0 Å². The van der Waals surface area contributed by atoms with E-state index in [4.69, 9.17) is 5.73 Å². The van der Waals surface area contributed by atoms with Gasteiger partial charge >= 0.3 is 0 Å². The Balaban J connectivity index is 2.10. The van der Waals surface area contributed by atoms with E-state index in [1.54, 1.807) is 0 Å². The van der Waals surface area contributed by atoms with Crippen molar-refractivity contribution in [2.24, 2.45) is 5.73 Å². The normalized spacial score (nSPS) is 38.6. The molecule has 2 aliphatic heterocycles. The molecule has 3 heteroatoms. The first-order chi connectivity index (χ1) is 6.82. The SMILES string of the molecule is CCNC1(CN)CCN2CCCCC21. The van der Waals surface area contributed by atoms with Crippen LogP contribution in [-0.2, 0) is 0 Å². The van der Waals surface area contributed by atoms with Crippen molar-refractivity contribution in [3.8, 4) is 0 Å². The maximum absolute atomic E-state index is 5.97. The Morgan fingerprint density at radius 2 is 2.29 bits per heavy atom. The number of rotatable bonds is 3. The van der Waals surface area contributed by atoms with E-state index >= 15 is 0 Å². The average molecular weight is 197 g/mol. The van der Waals surface area contributed by atoms with Crippen LogP contribution in [0.15, 0.2) is 0 Å². The maximum Gasteiger partial charge on any atom is 0.0473 e. The van der Waals surface area contributed by atoms with Crippen LogP contribution >= 0.6 is 0 Å². The Bertz CT molecular complexity index is 195. The van der Waals surface area contributed by atoms with Gasteiger partial charge in [-0.25, -0.2) is 0 Å². The smallest absolute Gasteiger partial charge is 0.0473 e. The standard InChI is InChI=1S/C11H23N3/c1-2-13-11(9-12)6-8-14-7-4-3-5-10(11)14/h10,13H,2-9,12H2,1H3. The molecule has 82 valence electrons. The molecule has 2 aliphatic rings. The lowest BCUT2D eigenvalue weighted by Crippen LogP contribution is -2.60. The van der Waals surface area contributed by atoms with Gasteiger partial charge in [-0.1, -0.05) is 13.3 Å². The minimum atomic E-state index is 0.231. The first-order valence-electron chi connectivity index (χ1n) is 6.01. The number of nitrogens with zero attached hydrogens (tertiary/aromatic N) is 1. The lowest BCUT2D eigenvalue weighted by molar-refractivity contribution is 0.141. The molecule has 0 aromatic rings. The molecule has 0 saturated carbocycles. The quantitative estimate of drug-likeness (QED) is 0.694. The molecule has 2 saturated heterocycles. The molecule has 0 spiro atoms. The summed E-state index contributed by atoms with van der Waals surface area (Å²) in [6.45, 7) is 6.55. The summed E-state index contributed by atoms with van der Waals surface area (Å²) in [5, 5.41) is 3.64. The molecule has 0 amide bonds. The highest BCUT2D eigenvalue weighted by molar-refractivity contribution is 5.07. The number of fused-ring (bicyclic) bond motifs is 1. The van der Waals surface area contributed by atoms with E-state index in [0.717, 1.165) is 13.1 Å². The van der Waals surface area contributed by atoms with E-state index in [-0.39, 0.29) is 5.54 Å². The van der Waals surface area contributed by atoms with Crippen LogP contribution in [0.4, 0.5) is 0 Å². The topological polar surface area (TPSA) is 41.3 Å². The maximum atomic E-state index is 5.97. The van der Waals surface area contributed by atoms with Crippen LogP contribution in [0.5, 0.6) is 0 Å². The van der Waals surface area contributed by atoms with Crippen molar-refractivity contribution in [2.45, 2.75) is 44.2 Å². The molecule has 3 N–H and O–H groups in total. The van der Waals surface area contributed by atoms with E-state index in [0.29, 0.717) is 6.04 Å². The fraction of sp³-hybridized carbons (Fsp3) is 1.00. The molecule has 2 heterocycles. The van der Waals surface area contributed by atoms with Gasteiger partial charge in [-0.15, -0.1) is 0 Å². The van der Waals surface area contributed by atoms with Gasteiger partial charge < -0.3 is 11.1 Å². The largest absolute Gasteiger partial charge is 0.329 e. The number of piperidine rings is 1. The molecule has 2 rings (SSSR count). The minimum Gasteiger partial charge on any atom is -0.329 e. The number of hydrogen-bond donors (Lipinski definition) is 2. The molecule has 2 fully saturated rings. The molecule has 0 radical (unpaired) electrons. The molecule has 0 aromatic carbocycles. The average Bonchev–Trinajstić information content (AvgIpc) is 2.59. The number of likely N-dealkylation sites (N-methyl/N-ethyl adjacent to an activating group) is 1. The summed E-state index contributed by atoms with van der Waals surface area (Å²) in [6, 6.07) is 0.709. The number of nitrogens with two attached hydrogens (primary N) is 1. The third-order valence-electron chi connectivity index (χ3n) is 3.99. The summed E-state index contributed by atoms with van der Waals surface area (Å²) >= 11 is 0. The zero-order chi connectivity index (χ0) is 10.0. The molecule has 2 atom stereocenters. The lowest BCUT2D eigenvalue weighted by Gasteiger charge is -2.40. The minimum absolute atomic E-state index is 0.231. The van der Waals surface area contributed by atoms with Gasteiger partial charge in [0, 0.05) is 24.7 Å². The van der Waals surface area contributed by atoms with E-state index in [2.05, 4.69) is 17.1 Å². The van der Waals surface area contributed by atoms with Crippen LogP contribution < -0.4 is 11.1 Å². The van der Waals surface area contributed by atoms with Crippen LogP contribution in [0.2, 0.25) is 0 Å². The summed E-state index contributed by atoms with van der Waals surface area (Å²) in [5.74, 6) is 0. The molecule has 0 bridgehead atoms. The number of hydrogen-bond acceptors (Lipinski definition) is 3. The van der Waals surface area contributed by atoms with Crippen molar-refractivity contribution in [2.75, 3.05) is 26.2 Å². The first kappa shape index (κ1) is 10.4. The van der Waals surface area contributed by atoms with Crippen LogP contribution in [0.1, 0.15) is 32.6 Å². The highest BCUT2D eigenvalue weighted by atomic mass is 15.3. The summed E-state index contributed by atoms with van der Waals surface area (Å²) in [5.41, 5.74) is 6.20. The summed E-state index contributed by atoms with van der Waals surface area (Å²) < 4.78 is 0. The second-order valence-corrected chi connectivity index (χ2v) is 4.69. The van der Waals surface area contributed by atoms with E-state index in [9.17, 15) is 0 Å². The Morgan fingerprint density at radius 1 is 1.43 bits per heavy atom. The van der Waals surface area contributed by atoms with Gasteiger partial charge in [0.2, 0.25) is 0 Å². The lowest BCUT2D eigenvalue weighted by atomic mass is 9.85. The Kier molecular flexibility index (Phi) is 3.10. The Hall–Kier alpha value is -0.120. The molecule has 0 aromatic heterocycles. The van der Waals surface area contributed by atoms with Crippen molar-refractivity contribution in [1.82, 2.24) is 10.2 Å². The van der Waals surface area contributed by atoms with E-state index in [1.165, 1.54) is 38.8 Å². The molecular weight excluding hydrogens is 174 g/mol. The molecular formula is C11H23N3. The predicted octanol–water partition coefficient (Wildman–Crippen LogP) is 0.552. The van der Waals surface area contributed by atoms with E-state index < -0.39 is 0 Å². The second kappa shape index (κ2) is 4.17. The van der Waals surface area contributed by atoms with Crippen LogP contribution in [0.25, 0.3) is 0 Å². The van der Waals surface area contributed by atoms with Gasteiger partial charge in [0.05, 0.1) is 0 Å². The predicted molar refractivity (Wildman–Crippen MR) is 59.3 cm³/mol. The highest BCUT2D eigenvalue weighted by Gasteiger charge is 2.46. The van der Waals surface area contributed by atoms with Crippen molar-refractivity contribution in [3.63, 3.8) is 0 Å². The van der Waals surface area contributed by atoms with Gasteiger partial charge in [0.15, 0.2) is 0 Å². The van der Waals surface area contributed by atoms with Crippen LogP contribution in [0.3, 0.4) is 0 Å². The summed E-state index contributed by atoms with van der Waals surface area (Å²) in [6.07, 6.45) is 5.34. The third kappa shape index (κ3) is 1.58. The zero-order valence-corrected chi connectivity index (χ0v) is 9.26. The molecule has 0 aliphatic carbocycles. The number of nitrogens with one attached hydrogen (secondary N) is 1. The van der Waals surface area contributed by atoms with Crippen molar-refractivity contribution in [1.29, 1.82) is 0 Å². The Morgan fingerprint density at radius 3 is 3.00 bits per heavy atom. The molecule has 14 heavy (non-hydrogen) atoms. The second-order valence-electron chi connectivity index (χ2n) is 4.69. The summed E-state index contributed by atoms with van der Waals surface area (Å²) in [4.78, 5) is 2.64. The van der Waals surface area contributed by atoms with Crippen molar-refractivity contribution in [3.05, 3.63) is 0 Å². The fourth-order valence-electron chi connectivity index (χ4n) is 3.26. The van der Waals surface area contributed by atoms with E-state index in [1.807, 2.05) is 0 Å².